The zero-order chi connectivity index (χ0) is 15.1. The number of aliphatic hydroxyl groups is 1. The Hall–Kier alpha value is -2.32. The van der Waals surface area contributed by atoms with Crippen molar-refractivity contribution in [1.29, 1.82) is 0 Å². The topological polar surface area (TPSA) is 57.5 Å². The number of benzene rings is 1. The fraction of sp³-hybridized carbons (Fsp3) is 0. The number of allylic oxidation sites excluding steroid dienone is 3. The van der Waals surface area contributed by atoms with Crippen LogP contribution in [0.15, 0.2) is 90.0 Å². The molecule has 2 aromatic rings. The largest absolute Gasteiger partial charge is 1.00 e. The van der Waals surface area contributed by atoms with Crippen LogP contribution in [0.3, 0.4) is 0 Å². The van der Waals surface area contributed by atoms with E-state index in [4.69, 9.17) is 5.11 Å². The van der Waals surface area contributed by atoms with Gasteiger partial charge >= 0.3 is 25.4 Å². The predicted molar refractivity (Wildman–Crippen MR) is 82.9 cm³/mol. The van der Waals surface area contributed by atoms with Crippen LogP contribution in [0.1, 0.15) is 5.56 Å². The predicted octanol–water partition coefficient (Wildman–Crippen LogP) is 3.94. The summed E-state index contributed by atoms with van der Waals surface area (Å²) in [5.74, 6) is -1.05. The van der Waals surface area contributed by atoms with E-state index in [1.54, 1.807) is 36.4 Å². The maximum absolute atomic E-state index is 10.9. The second-order valence-corrected chi connectivity index (χ2v) is 4.34. The molecule has 0 spiro atoms. The molecule has 0 fully saturated rings. The molecule has 0 heterocycles. The molecule has 0 aromatic heterocycles. The van der Waals surface area contributed by atoms with Gasteiger partial charge in [0.2, 0.25) is 0 Å². The molecule has 22 heavy (non-hydrogen) atoms. The van der Waals surface area contributed by atoms with Gasteiger partial charge in [-0.2, -0.15) is 18.2 Å². The van der Waals surface area contributed by atoms with Gasteiger partial charge in [0.15, 0.2) is 0 Å². The van der Waals surface area contributed by atoms with Crippen LogP contribution in [0.25, 0.3) is 5.76 Å². The van der Waals surface area contributed by atoms with E-state index in [9.17, 15) is 9.90 Å². The Bertz CT molecular complexity index is 663. The van der Waals surface area contributed by atoms with Crippen molar-refractivity contribution in [2.45, 2.75) is 0 Å². The molecule has 113 valence electrons. The van der Waals surface area contributed by atoms with Gasteiger partial charge in [0.25, 0.3) is 0 Å². The van der Waals surface area contributed by atoms with Crippen molar-refractivity contribution < 1.29 is 34.5 Å². The molecule has 4 heteroatoms. The smallest absolute Gasteiger partial charge is 0.507 e. The first-order valence-electron chi connectivity index (χ1n) is 6.47. The second kappa shape index (κ2) is 8.86. The molecule has 1 aliphatic rings. The number of hydrogen-bond donors (Lipinski definition) is 2. The number of carboxylic acids is 1. The molecule has 0 atom stereocenters. The van der Waals surface area contributed by atoms with Gasteiger partial charge in [-0.05, 0) is 6.08 Å². The molecule has 0 amide bonds. The Kier molecular flexibility index (Phi) is 7.14. The summed E-state index contributed by atoms with van der Waals surface area (Å²) in [7, 11) is 0. The molecule has 2 N–H and O–H groups in total. The third-order valence-electron chi connectivity index (χ3n) is 2.90. The summed E-state index contributed by atoms with van der Waals surface area (Å²) in [5.41, 5.74) is 1.07. The van der Waals surface area contributed by atoms with Crippen molar-refractivity contribution >= 4 is 11.7 Å². The molecular formula is C18H15O3Ru. The molecule has 0 bridgehead atoms. The zero-order valence-corrected chi connectivity index (χ0v) is 13.4. The molecule has 0 saturated heterocycles. The van der Waals surface area contributed by atoms with Crippen molar-refractivity contribution in [3.05, 3.63) is 95.6 Å². The summed E-state index contributed by atoms with van der Waals surface area (Å²) in [6.45, 7) is 0. The summed E-state index contributed by atoms with van der Waals surface area (Å²) < 4.78 is 0. The van der Waals surface area contributed by atoms with E-state index in [-0.39, 0.29) is 30.8 Å². The van der Waals surface area contributed by atoms with Crippen LogP contribution in [-0.4, -0.2) is 16.2 Å². The van der Waals surface area contributed by atoms with Crippen LogP contribution in [-0.2, 0) is 24.3 Å². The van der Waals surface area contributed by atoms with E-state index in [0.29, 0.717) is 11.1 Å². The quantitative estimate of drug-likeness (QED) is 0.471. The fourth-order valence-electron chi connectivity index (χ4n) is 1.89. The summed E-state index contributed by atoms with van der Waals surface area (Å²) >= 11 is 0. The minimum Gasteiger partial charge on any atom is -0.507 e. The Morgan fingerprint density at radius 3 is 2.09 bits per heavy atom. The molecule has 2 aromatic carbocycles. The average molecular weight is 380 g/mol. The van der Waals surface area contributed by atoms with E-state index < -0.39 is 5.97 Å². The van der Waals surface area contributed by atoms with Crippen molar-refractivity contribution in [1.82, 2.24) is 0 Å². The summed E-state index contributed by atoms with van der Waals surface area (Å²) in [4.78, 5) is 10.9. The Morgan fingerprint density at radius 1 is 0.955 bits per heavy atom. The molecule has 3 nitrogen and oxygen atoms in total. The number of aliphatic hydroxyl groups excluding tert-OH is 1. The Balaban J connectivity index is 0.000000344. The molecule has 0 saturated carbocycles. The SMILES string of the molecule is O=C(O)C1=CC=C/C1=C(/O)c1ccccc1.[Ru+].c1cc[cH-]c1. The normalized spacial score (nSPS) is 14.3. The van der Waals surface area contributed by atoms with Gasteiger partial charge in [-0.25, -0.2) is 16.9 Å². The molecule has 1 radical (unpaired) electrons. The van der Waals surface area contributed by atoms with Crippen molar-refractivity contribution in [3.8, 4) is 0 Å². The van der Waals surface area contributed by atoms with Crippen LogP contribution in [0.2, 0.25) is 0 Å². The number of aliphatic carboxylic acids is 1. The van der Waals surface area contributed by atoms with Crippen LogP contribution < -0.4 is 0 Å². The average Bonchev–Trinajstić information content (AvgIpc) is 3.21. The first-order chi connectivity index (χ1) is 10.2. The Labute approximate surface area is 142 Å². The van der Waals surface area contributed by atoms with E-state index in [0.717, 1.165) is 0 Å². The van der Waals surface area contributed by atoms with Gasteiger partial charge < -0.3 is 10.2 Å². The molecular weight excluding hydrogens is 365 g/mol. The summed E-state index contributed by atoms with van der Waals surface area (Å²) in [5, 5.41) is 18.9. The molecule has 0 unspecified atom stereocenters. The minimum atomic E-state index is -1.04. The van der Waals surface area contributed by atoms with Gasteiger partial charge in [0, 0.05) is 11.1 Å². The van der Waals surface area contributed by atoms with Crippen LogP contribution in [0.5, 0.6) is 0 Å². The summed E-state index contributed by atoms with van der Waals surface area (Å²) in [6.07, 6.45) is 4.67. The summed E-state index contributed by atoms with van der Waals surface area (Å²) in [6, 6.07) is 18.9. The number of carboxylic acid groups (broad SMARTS) is 1. The fourth-order valence-corrected chi connectivity index (χ4v) is 1.89. The van der Waals surface area contributed by atoms with Gasteiger partial charge in [-0.1, -0.05) is 42.5 Å². The maximum Gasteiger partial charge on any atom is 1.00 e. The van der Waals surface area contributed by atoms with Crippen molar-refractivity contribution in [2.75, 3.05) is 0 Å². The second-order valence-electron chi connectivity index (χ2n) is 4.34. The Morgan fingerprint density at radius 2 is 1.59 bits per heavy atom. The number of carbonyl (C=O) groups is 1. The standard InChI is InChI=1S/C13H10O3.C5H5.Ru/c14-12(9-5-2-1-3-6-9)10-7-4-8-11(10)13(15)16;1-2-4-5-3-1;/h1-8,14H,(H,15,16);1-5H;/q;-1;+1/b12-10-;;. The van der Waals surface area contributed by atoms with E-state index in [2.05, 4.69) is 0 Å². The third-order valence-corrected chi connectivity index (χ3v) is 2.90. The van der Waals surface area contributed by atoms with Gasteiger partial charge in [-0.15, -0.1) is 0 Å². The van der Waals surface area contributed by atoms with Crippen LogP contribution in [0.4, 0.5) is 0 Å². The maximum atomic E-state index is 10.9. The molecule has 0 aliphatic heterocycles. The number of hydrogen-bond acceptors (Lipinski definition) is 2. The zero-order valence-electron chi connectivity index (χ0n) is 11.7. The van der Waals surface area contributed by atoms with E-state index in [1.165, 1.54) is 6.08 Å². The monoisotopic (exact) mass is 381 g/mol. The van der Waals surface area contributed by atoms with Crippen molar-refractivity contribution in [2.24, 2.45) is 0 Å². The van der Waals surface area contributed by atoms with E-state index >= 15 is 0 Å². The van der Waals surface area contributed by atoms with Gasteiger partial charge in [-0.3, -0.25) is 0 Å². The van der Waals surface area contributed by atoms with Gasteiger partial charge in [0.05, 0.1) is 5.57 Å². The first kappa shape index (κ1) is 17.7. The molecule has 1 aliphatic carbocycles. The first-order valence-corrected chi connectivity index (χ1v) is 6.47. The van der Waals surface area contributed by atoms with E-state index in [1.807, 2.05) is 36.4 Å². The minimum absolute atomic E-state index is 0. The van der Waals surface area contributed by atoms with Crippen LogP contribution in [0, 0.1) is 0 Å². The molecule has 3 rings (SSSR count). The van der Waals surface area contributed by atoms with Gasteiger partial charge in [0.1, 0.15) is 5.76 Å². The number of rotatable bonds is 2. The van der Waals surface area contributed by atoms with Crippen molar-refractivity contribution in [3.63, 3.8) is 0 Å². The van der Waals surface area contributed by atoms with Crippen LogP contribution >= 0.6 is 0 Å². The third kappa shape index (κ3) is 4.61.